The molecular weight excluding hydrogens is 484 g/mol. The number of hydrogen-bond acceptors (Lipinski definition) is 10. The molecule has 0 spiro atoms. The molecule has 1 N–H and O–H groups in total. The van der Waals surface area contributed by atoms with Gasteiger partial charge in [0.25, 0.3) is 5.91 Å². The number of benzene rings is 1. The van der Waals surface area contributed by atoms with E-state index in [0.29, 0.717) is 28.5 Å². The Morgan fingerprint density at radius 3 is 2.71 bits per heavy atom. The lowest BCUT2D eigenvalue weighted by Crippen LogP contribution is -2.72. The molecule has 178 valence electrons. The molecule has 0 bridgehead atoms. The van der Waals surface area contributed by atoms with Crippen LogP contribution in [0.3, 0.4) is 0 Å². The number of nitrogens with zero attached hydrogens (tertiary/aromatic N) is 5. The number of β-lactam (4-membered cyclic amide) rings is 1. The number of aromatic nitrogens is 4. The number of carbonyl (C=O) groups is 3. The maximum Gasteiger partial charge on any atom is 0.355 e. The first-order valence-corrected chi connectivity index (χ1v) is 12.1. The number of rotatable bonds is 9. The van der Waals surface area contributed by atoms with Crippen molar-refractivity contribution < 1.29 is 28.1 Å². The number of ether oxygens (including phenoxy) is 2. The zero-order chi connectivity index (χ0) is 24.4. The molecule has 2 aliphatic heterocycles. The van der Waals surface area contributed by atoms with Crippen molar-refractivity contribution >= 4 is 40.8 Å². The van der Waals surface area contributed by atoms with Gasteiger partial charge in [0.05, 0.1) is 17.9 Å². The molecule has 1 fully saturated rings. The van der Waals surface area contributed by atoms with Crippen LogP contribution >= 0.6 is 11.8 Å². The van der Waals surface area contributed by atoms with E-state index in [9.17, 15) is 18.6 Å². The van der Waals surface area contributed by atoms with Crippen molar-refractivity contribution in [3.8, 4) is 5.75 Å². The first-order chi connectivity index (χ1) is 16.4. The highest BCUT2D eigenvalue weighted by Gasteiger charge is 2.58. The molecule has 1 saturated heterocycles. The summed E-state index contributed by atoms with van der Waals surface area (Å²) in [7, 11) is 1.45. The second-order valence-electron chi connectivity index (χ2n) is 7.21. The van der Waals surface area contributed by atoms with E-state index in [-0.39, 0.29) is 23.0 Å². The molecule has 2 aromatic rings. The van der Waals surface area contributed by atoms with E-state index in [0.717, 1.165) is 4.90 Å². The molecule has 34 heavy (non-hydrogen) atoms. The number of tetrazole rings is 1. The van der Waals surface area contributed by atoms with Gasteiger partial charge in [-0.2, -0.15) is 0 Å². The fourth-order valence-electron chi connectivity index (χ4n) is 3.48. The van der Waals surface area contributed by atoms with Crippen LogP contribution in [0.2, 0.25) is 0 Å². The minimum Gasteiger partial charge on any atom is -0.497 e. The zero-order valence-electron chi connectivity index (χ0n) is 18.2. The number of methoxy groups -OCH3 is 1. The van der Waals surface area contributed by atoms with E-state index in [1.54, 1.807) is 38.4 Å². The van der Waals surface area contributed by atoms with Crippen molar-refractivity contribution in [1.82, 2.24) is 30.4 Å². The Balaban J connectivity index is 1.63. The van der Waals surface area contributed by atoms with Crippen LogP contribution in [0, 0.1) is 0 Å². The Bertz CT molecular complexity index is 1210. The van der Waals surface area contributed by atoms with Crippen LogP contribution in [0.25, 0.3) is 0 Å². The maximum atomic E-state index is 13.2. The second-order valence-corrected chi connectivity index (χ2v) is 9.72. The quantitative estimate of drug-likeness (QED) is 0.212. The number of amides is 2. The average molecular weight is 505 g/mol. The number of aryl methyl sites for hydroxylation is 1. The summed E-state index contributed by atoms with van der Waals surface area (Å²) >= 11 is 1.19. The molecule has 2 amide bonds. The minimum atomic E-state index is -1.75. The van der Waals surface area contributed by atoms with Crippen molar-refractivity contribution in [2.24, 2.45) is 7.05 Å². The fraction of sp³-hybridized carbons (Fsp3) is 0.300. The van der Waals surface area contributed by atoms with Crippen LogP contribution in [0.15, 0.2) is 52.2 Å². The summed E-state index contributed by atoms with van der Waals surface area (Å²) in [6, 6.07) is 5.94. The van der Waals surface area contributed by atoms with E-state index >= 15 is 0 Å². The molecule has 0 saturated carbocycles. The number of thioether (sulfide) groups is 1. The molecule has 3 unspecified atom stereocenters. The lowest BCUT2D eigenvalue weighted by molar-refractivity contribution is -0.153. The normalized spacial score (nSPS) is 21.6. The zero-order valence-corrected chi connectivity index (χ0v) is 19.8. The summed E-state index contributed by atoms with van der Waals surface area (Å²) in [5.41, 5.74) is 0.945. The number of nitrogens with one attached hydrogen (secondary N) is 1. The van der Waals surface area contributed by atoms with E-state index in [2.05, 4.69) is 27.4 Å². The van der Waals surface area contributed by atoms with Crippen LogP contribution in [0.4, 0.5) is 0 Å². The predicted molar refractivity (Wildman–Crippen MR) is 120 cm³/mol. The topological polar surface area (TPSA) is 146 Å². The maximum absolute atomic E-state index is 13.2. The van der Waals surface area contributed by atoms with Gasteiger partial charge in [0.2, 0.25) is 11.6 Å². The summed E-state index contributed by atoms with van der Waals surface area (Å²) in [4.78, 5) is 38.2. The molecular formula is C20H20N6O6S2. The van der Waals surface area contributed by atoms with Crippen molar-refractivity contribution in [3.63, 3.8) is 0 Å². The molecule has 14 heteroatoms. The fourth-order valence-corrected chi connectivity index (χ4v) is 6.02. The molecule has 12 nitrogen and oxygen atoms in total. The van der Waals surface area contributed by atoms with Crippen molar-refractivity contribution in [2.45, 2.75) is 23.2 Å². The Morgan fingerprint density at radius 1 is 1.35 bits per heavy atom. The van der Waals surface area contributed by atoms with E-state index in [1.807, 2.05) is 0 Å². The van der Waals surface area contributed by atoms with Gasteiger partial charge in [-0.25, -0.2) is 9.48 Å². The Hall–Kier alpha value is -3.52. The number of allylic oxidation sites excluding steroid dienone is 1. The highest BCUT2D eigenvalue weighted by Crippen LogP contribution is 2.41. The highest BCUT2D eigenvalue weighted by atomic mass is 32.2. The number of hydrogen-bond donors (Lipinski definition) is 1. The third kappa shape index (κ3) is 4.21. The van der Waals surface area contributed by atoms with E-state index in [1.165, 1.54) is 16.4 Å². The Morgan fingerprint density at radius 2 is 2.09 bits per heavy atom. The van der Waals surface area contributed by atoms with Gasteiger partial charge in [-0.3, -0.25) is 18.7 Å². The van der Waals surface area contributed by atoms with Crippen LogP contribution in [-0.4, -0.2) is 71.9 Å². The summed E-state index contributed by atoms with van der Waals surface area (Å²) in [5.74, 6) is -0.557. The van der Waals surface area contributed by atoms with Gasteiger partial charge in [-0.05, 0) is 28.1 Å². The van der Waals surface area contributed by atoms with Crippen LogP contribution in [-0.2, 0) is 43.6 Å². The van der Waals surface area contributed by atoms with Gasteiger partial charge < -0.3 is 14.8 Å². The highest BCUT2D eigenvalue weighted by molar-refractivity contribution is 7.99. The predicted octanol–water partition coefficient (Wildman–Crippen LogP) is -0.133. The number of carbonyl (C=O) groups excluding carboxylic acids is 3. The average Bonchev–Trinajstić information content (AvgIpc) is 3.26. The van der Waals surface area contributed by atoms with Gasteiger partial charge in [0.15, 0.2) is 0 Å². The van der Waals surface area contributed by atoms with Gasteiger partial charge in [-0.15, -0.1) is 5.10 Å². The molecule has 0 aliphatic carbocycles. The third-order valence-electron chi connectivity index (χ3n) is 5.27. The van der Waals surface area contributed by atoms with Gasteiger partial charge in [0, 0.05) is 23.3 Å². The van der Waals surface area contributed by atoms with E-state index < -0.39 is 34.1 Å². The molecule has 0 radical (unpaired) electrons. The van der Waals surface area contributed by atoms with E-state index in [4.69, 9.17) is 9.47 Å². The summed E-state index contributed by atoms with van der Waals surface area (Å²) in [6.45, 7) is 3.84. The summed E-state index contributed by atoms with van der Waals surface area (Å²) in [6.07, 6.45) is 0.359. The number of fused-ring (bicyclic) bond motifs is 1. The van der Waals surface area contributed by atoms with Gasteiger partial charge >= 0.3 is 5.97 Å². The van der Waals surface area contributed by atoms with Gasteiger partial charge in [-0.1, -0.05) is 30.5 Å². The molecule has 1 aromatic carbocycles. The minimum absolute atomic E-state index is 0.0558. The molecule has 2 aliphatic rings. The largest absolute Gasteiger partial charge is 0.497 e. The Labute approximate surface area is 200 Å². The van der Waals surface area contributed by atoms with Gasteiger partial charge in [0.1, 0.15) is 29.5 Å². The van der Waals surface area contributed by atoms with Crippen molar-refractivity contribution in [3.05, 3.63) is 52.6 Å². The smallest absolute Gasteiger partial charge is 0.355 e. The van der Waals surface area contributed by atoms with Crippen molar-refractivity contribution in [1.29, 1.82) is 0 Å². The van der Waals surface area contributed by atoms with Crippen LogP contribution < -0.4 is 10.1 Å². The molecule has 1 aromatic heterocycles. The van der Waals surface area contributed by atoms with Crippen LogP contribution in [0.1, 0.15) is 5.56 Å². The summed E-state index contributed by atoms with van der Waals surface area (Å²) in [5, 5.41) is 13.1. The standard InChI is InChI=1S/C20H20N6O6S2/c1-11-14(9-33-20-22-23-24-25(20)2)16(26-17(28)15(21-10-27)18(26)34(11)30)19(29)32-8-12-4-6-13(31-3)7-5-12/h4-7,10,15,18H,1,8-9H2,2-3H3,(H,21,27). The molecule has 3 atom stereocenters. The molecule has 3 heterocycles. The van der Waals surface area contributed by atoms with Crippen LogP contribution in [0.5, 0.6) is 5.75 Å². The Kier molecular flexibility index (Phi) is 6.79. The first-order valence-electron chi connectivity index (χ1n) is 9.88. The SMILES string of the molecule is C=C1C(CSc2nnnn2C)=C(C(=O)OCc2ccc(OC)cc2)N2C(=O)C(NC=O)C2S1=O. The lowest BCUT2D eigenvalue weighted by atomic mass is 10.0. The third-order valence-corrected chi connectivity index (χ3v) is 7.96. The molecule has 4 rings (SSSR count). The summed E-state index contributed by atoms with van der Waals surface area (Å²) < 4.78 is 25.1. The number of esters is 1. The monoisotopic (exact) mass is 504 g/mol. The van der Waals surface area contributed by atoms with Crippen molar-refractivity contribution in [2.75, 3.05) is 12.9 Å². The first kappa shape index (κ1) is 23.6. The lowest BCUT2D eigenvalue weighted by Gasteiger charge is -2.49. The second kappa shape index (κ2) is 9.77.